The van der Waals surface area contributed by atoms with Crippen LogP contribution in [0, 0.1) is 0 Å². The lowest BCUT2D eigenvalue weighted by Gasteiger charge is -2.11. The van der Waals surface area contributed by atoms with Crippen LogP contribution in [0.4, 0.5) is 0 Å². The fraction of sp³-hybridized carbons (Fsp3) is 0.200. The average molecular weight is 243 g/mol. The maximum atomic E-state index is 5.97. The Morgan fingerprint density at radius 2 is 1.65 bits per heavy atom. The molecule has 0 saturated carbocycles. The maximum Gasteiger partial charge on any atom is 0.0277 e. The van der Waals surface area contributed by atoms with Crippen molar-refractivity contribution in [1.82, 2.24) is 0 Å². The second-order valence-corrected chi connectivity index (χ2v) is 5.12. The van der Waals surface area contributed by atoms with Crippen LogP contribution >= 0.6 is 11.8 Å². The molecule has 1 nitrogen and oxygen atoms in total. The molecule has 2 rings (SSSR count). The number of nitrogens with two attached hydrogens (primary N) is 1. The van der Waals surface area contributed by atoms with E-state index in [9.17, 15) is 0 Å². The van der Waals surface area contributed by atoms with Crippen LogP contribution in [-0.2, 0) is 5.75 Å². The van der Waals surface area contributed by atoms with E-state index in [2.05, 4.69) is 42.5 Å². The Morgan fingerprint density at radius 3 is 2.35 bits per heavy atom. The van der Waals surface area contributed by atoms with Gasteiger partial charge in [-0.05, 0) is 24.1 Å². The smallest absolute Gasteiger partial charge is 0.0277 e. The second kappa shape index (κ2) is 5.89. The van der Waals surface area contributed by atoms with E-state index in [0.29, 0.717) is 0 Å². The third-order valence-corrected chi connectivity index (χ3v) is 3.81. The molecule has 0 radical (unpaired) electrons. The molecule has 0 fully saturated rings. The van der Waals surface area contributed by atoms with E-state index in [0.717, 1.165) is 5.75 Å². The molecule has 2 aromatic rings. The summed E-state index contributed by atoms with van der Waals surface area (Å²) in [4.78, 5) is 1.28. The Hall–Kier alpha value is -1.25. The zero-order valence-electron chi connectivity index (χ0n) is 9.97. The molecule has 0 amide bonds. The molecule has 0 heterocycles. The Labute approximate surface area is 107 Å². The van der Waals surface area contributed by atoms with E-state index in [1.165, 1.54) is 16.0 Å². The van der Waals surface area contributed by atoms with Crippen molar-refractivity contribution >= 4 is 11.8 Å². The summed E-state index contributed by atoms with van der Waals surface area (Å²) in [6.45, 7) is 2.03. The lowest BCUT2D eigenvalue weighted by atomic mass is 10.1. The van der Waals surface area contributed by atoms with E-state index in [4.69, 9.17) is 5.73 Å². The minimum atomic E-state index is 0.0921. The highest BCUT2D eigenvalue weighted by Crippen LogP contribution is 2.28. The predicted molar refractivity (Wildman–Crippen MR) is 75.0 cm³/mol. The van der Waals surface area contributed by atoms with Gasteiger partial charge >= 0.3 is 0 Å². The third kappa shape index (κ3) is 3.35. The molecule has 1 atom stereocenters. The highest BCUT2D eigenvalue weighted by Gasteiger charge is 2.06. The standard InChI is InChI=1S/C15H17NS/c1-12(16)14-9-5-6-10-15(14)17-11-13-7-3-2-4-8-13/h2-10,12H,11,16H2,1H3. The molecule has 1 unspecified atom stereocenters. The summed E-state index contributed by atoms with van der Waals surface area (Å²) < 4.78 is 0. The predicted octanol–water partition coefficient (Wildman–Crippen LogP) is 4.00. The van der Waals surface area contributed by atoms with Gasteiger partial charge in [0.25, 0.3) is 0 Å². The Morgan fingerprint density at radius 1 is 1.00 bits per heavy atom. The highest BCUT2D eigenvalue weighted by molar-refractivity contribution is 7.98. The zero-order valence-corrected chi connectivity index (χ0v) is 10.8. The van der Waals surface area contributed by atoms with Gasteiger partial charge in [-0.15, -0.1) is 11.8 Å². The summed E-state index contributed by atoms with van der Waals surface area (Å²) in [5, 5.41) is 0. The molecule has 0 aliphatic rings. The van der Waals surface area contributed by atoms with E-state index >= 15 is 0 Å². The monoisotopic (exact) mass is 243 g/mol. The third-order valence-electron chi connectivity index (χ3n) is 2.65. The van der Waals surface area contributed by atoms with Gasteiger partial charge in [-0.3, -0.25) is 0 Å². The number of hydrogen-bond donors (Lipinski definition) is 1. The molecule has 0 spiro atoms. The van der Waals surface area contributed by atoms with Crippen molar-refractivity contribution in [3.05, 3.63) is 65.7 Å². The fourth-order valence-electron chi connectivity index (χ4n) is 1.72. The van der Waals surface area contributed by atoms with Gasteiger partial charge in [0.05, 0.1) is 0 Å². The van der Waals surface area contributed by atoms with Gasteiger partial charge in [-0.2, -0.15) is 0 Å². The number of hydrogen-bond acceptors (Lipinski definition) is 2. The Bertz CT molecular complexity index is 465. The van der Waals surface area contributed by atoms with Crippen LogP contribution < -0.4 is 5.73 Å². The largest absolute Gasteiger partial charge is 0.324 e. The van der Waals surface area contributed by atoms with Gasteiger partial charge < -0.3 is 5.73 Å². The van der Waals surface area contributed by atoms with E-state index < -0.39 is 0 Å². The molecule has 17 heavy (non-hydrogen) atoms. The van der Waals surface area contributed by atoms with Crippen LogP contribution in [0.15, 0.2) is 59.5 Å². The lowest BCUT2D eigenvalue weighted by Crippen LogP contribution is -2.06. The zero-order chi connectivity index (χ0) is 12.1. The van der Waals surface area contributed by atoms with Crippen LogP contribution in [0.5, 0.6) is 0 Å². The summed E-state index contributed by atoms with van der Waals surface area (Å²) in [7, 11) is 0. The quantitative estimate of drug-likeness (QED) is 0.821. The van der Waals surface area contributed by atoms with Crippen LogP contribution in [0.25, 0.3) is 0 Å². The highest BCUT2D eigenvalue weighted by atomic mass is 32.2. The SMILES string of the molecule is CC(N)c1ccccc1SCc1ccccc1. The molecule has 0 aromatic heterocycles. The van der Waals surface area contributed by atoms with Crippen molar-refractivity contribution < 1.29 is 0 Å². The molecule has 2 heteroatoms. The van der Waals surface area contributed by atoms with Gasteiger partial charge in [0.15, 0.2) is 0 Å². The van der Waals surface area contributed by atoms with Gasteiger partial charge in [0.2, 0.25) is 0 Å². The molecular formula is C15H17NS. The lowest BCUT2D eigenvalue weighted by molar-refractivity contribution is 0.797. The summed E-state index contributed by atoms with van der Waals surface area (Å²) >= 11 is 1.85. The van der Waals surface area contributed by atoms with Crippen molar-refractivity contribution in [2.45, 2.75) is 23.6 Å². The summed E-state index contributed by atoms with van der Waals surface area (Å²) in [6, 6.07) is 19.0. The Kier molecular flexibility index (Phi) is 4.24. The molecule has 2 N–H and O–H groups in total. The van der Waals surface area contributed by atoms with Crippen molar-refractivity contribution in [3.8, 4) is 0 Å². The van der Waals surface area contributed by atoms with Gasteiger partial charge in [0, 0.05) is 16.7 Å². The van der Waals surface area contributed by atoms with Crippen molar-refractivity contribution in [2.75, 3.05) is 0 Å². The van der Waals surface area contributed by atoms with E-state index in [-0.39, 0.29) is 6.04 Å². The Balaban J connectivity index is 2.09. The maximum absolute atomic E-state index is 5.97. The number of thioether (sulfide) groups is 1. The molecule has 2 aromatic carbocycles. The van der Waals surface area contributed by atoms with Gasteiger partial charge in [-0.25, -0.2) is 0 Å². The first-order valence-corrected chi connectivity index (χ1v) is 6.77. The van der Waals surface area contributed by atoms with E-state index in [1.54, 1.807) is 0 Å². The second-order valence-electron chi connectivity index (χ2n) is 4.10. The molecule has 0 saturated heterocycles. The minimum absolute atomic E-state index is 0.0921. The first-order chi connectivity index (χ1) is 8.27. The summed E-state index contributed by atoms with van der Waals surface area (Å²) in [6.07, 6.45) is 0. The van der Waals surface area contributed by atoms with Crippen LogP contribution in [0.2, 0.25) is 0 Å². The number of benzene rings is 2. The average Bonchev–Trinajstić information content (AvgIpc) is 2.38. The number of rotatable bonds is 4. The van der Waals surface area contributed by atoms with Crippen molar-refractivity contribution in [2.24, 2.45) is 5.73 Å². The molecular weight excluding hydrogens is 226 g/mol. The van der Waals surface area contributed by atoms with Crippen LogP contribution in [0.1, 0.15) is 24.1 Å². The van der Waals surface area contributed by atoms with Crippen LogP contribution in [-0.4, -0.2) is 0 Å². The minimum Gasteiger partial charge on any atom is -0.324 e. The van der Waals surface area contributed by atoms with Crippen LogP contribution in [0.3, 0.4) is 0 Å². The fourth-order valence-corrected chi connectivity index (χ4v) is 2.83. The van der Waals surface area contributed by atoms with Crippen molar-refractivity contribution in [3.63, 3.8) is 0 Å². The normalized spacial score (nSPS) is 12.4. The molecule has 0 aliphatic carbocycles. The molecule has 88 valence electrons. The first kappa shape index (κ1) is 12.2. The van der Waals surface area contributed by atoms with E-state index in [1.807, 2.05) is 30.8 Å². The van der Waals surface area contributed by atoms with Gasteiger partial charge in [-0.1, -0.05) is 48.5 Å². The van der Waals surface area contributed by atoms with Crippen molar-refractivity contribution in [1.29, 1.82) is 0 Å². The van der Waals surface area contributed by atoms with Gasteiger partial charge in [0.1, 0.15) is 0 Å². The molecule has 0 bridgehead atoms. The molecule has 0 aliphatic heterocycles. The first-order valence-electron chi connectivity index (χ1n) is 5.78. The summed E-state index contributed by atoms with van der Waals surface area (Å²) in [5.41, 5.74) is 8.54. The summed E-state index contributed by atoms with van der Waals surface area (Å²) in [5.74, 6) is 0.991. The topological polar surface area (TPSA) is 26.0 Å².